The molecule has 1 saturated heterocycles. The number of rotatable bonds is 9. The van der Waals surface area contributed by atoms with Gasteiger partial charge in [-0.2, -0.15) is 0 Å². The summed E-state index contributed by atoms with van der Waals surface area (Å²) in [5, 5.41) is 13.3. The molecular formula is C16H35N3O. The van der Waals surface area contributed by atoms with Crippen LogP contribution in [-0.4, -0.2) is 72.9 Å². The van der Waals surface area contributed by atoms with Crippen LogP contribution in [0.5, 0.6) is 0 Å². The average Bonchev–Trinajstić information content (AvgIpc) is 2.45. The van der Waals surface area contributed by atoms with Crippen LogP contribution in [0.1, 0.15) is 46.5 Å². The molecule has 0 radical (unpaired) electrons. The SMILES string of the molecule is CCCNC(CC)(CO)CCCN1CCN(C)CC1C. The van der Waals surface area contributed by atoms with E-state index in [1.165, 1.54) is 26.1 Å². The molecule has 0 amide bonds. The first-order valence-electron chi connectivity index (χ1n) is 8.35. The standard InChI is InChI=1S/C16H35N3O/c1-5-9-17-16(6-2,14-20)8-7-10-19-12-11-18(4)13-15(19)3/h15,17,20H,5-14H2,1-4H3. The fourth-order valence-electron chi connectivity index (χ4n) is 3.16. The molecule has 4 nitrogen and oxygen atoms in total. The van der Waals surface area contributed by atoms with Crippen molar-refractivity contribution in [3.63, 3.8) is 0 Å². The maximum Gasteiger partial charge on any atom is 0.0613 e. The molecule has 0 aliphatic carbocycles. The number of piperazine rings is 1. The maximum atomic E-state index is 9.74. The van der Waals surface area contributed by atoms with E-state index in [2.05, 4.69) is 42.9 Å². The quantitative estimate of drug-likeness (QED) is 0.674. The average molecular weight is 285 g/mol. The van der Waals surface area contributed by atoms with Gasteiger partial charge in [-0.05, 0) is 52.7 Å². The molecule has 1 aliphatic rings. The molecule has 0 aromatic carbocycles. The van der Waals surface area contributed by atoms with Gasteiger partial charge in [0.15, 0.2) is 0 Å². The summed E-state index contributed by atoms with van der Waals surface area (Å²) in [5.41, 5.74) is -0.0637. The normalized spacial score (nSPS) is 24.8. The van der Waals surface area contributed by atoms with Gasteiger partial charge in [-0.15, -0.1) is 0 Å². The van der Waals surface area contributed by atoms with Gasteiger partial charge in [0.05, 0.1) is 6.61 Å². The molecule has 2 N–H and O–H groups in total. The smallest absolute Gasteiger partial charge is 0.0613 e. The highest BCUT2D eigenvalue weighted by Crippen LogP contribution is 2.18. The summed E-state index contributed by atoms with van der Waals surface area (Å²) in [5.74, 6) is 0. The van der Waals surface area contributed by atoms with Crippen LogP contribution in [0.15, 0.2) is 0 Å². The second-order valence-corrected chi connectivity index (χ2v) is 6.47. The highest BCUT2D eigenvalue weighted by molar-refractivity contribution is 4.87. The fraction of sp³-hybridized carbons (Fsp3) is 1.00. The van der Waals surface area contributed by atoms with Crippen molar-refractivity contribution in [2.75, 3.05) is 46.4 Å². The molecule has 1 aliphatic heterocycles. The van der Waals surface area contributed by atoms with E-state index in [9.17, 15) is 5.11 Å². The van der Waals surface area contributed by atoms with E-state index in [0.29, 0.717) is 6.04 Å². The van der Waals surface area contributed by atoms with E-state index in [1.807, 2.05) is 0 Å². The lowest BCUT2D eigenvalue weighted by atomic mass is 9.90. The first-order chi connectivity index (χ1) is 9.56. The summed E-state index contributed by atoms with van der Waals surface area (Å²) in [4.78, 5) is 5.01. The highest BCUT2D eigenvalue weighted by Gasteiger charge is 2.27. The van der Waals surface area contributed by atoms with Crippen LogP contribution in [0.4, 0.5) is 0 Å². The van der Waals surface area contributed by atoms with E-state index < -0.39 is 0 Å². The van der Waals surface area contributed by atoms with E-state index >= 15 is 0 Å². The summed E-state index contributed by atoms with van der Waals surface area (Å²) in [6.07, 6.45) is 4.36. The lowest BCUT2D eigenvalue weighted by Crippen LogP contribution is -2.52. The zero-order valence-electron chi connectivity index (χ0n) is 14.0. The Balaban J connectivity index is 2.36. The Morgan fingerprint density at radius 3 is 2.60 bits per heavy atom. The van der Waals surface area contributed by atoms with Crippen LogP contribution < -0.4 is 5.32 Å². The molecular weight excluding hydrogens is 250 g/mol. The minimum atomic E-state index is -0.0637. The number of likely N-dealkylation sites (N-methyl/N-ethyl adjacent to an activating group) is 1. The molecule has 2 unspecified atom stereocenters. The summed E-state index contributed by atoms with van der Waals surface area (Å²) in [7, 11) is 2.20. The van der Waals surface area contributed by atoms with Crippen LogP contribution in [-0.2, 0) is 0 Å². The summed E-state index contributed by atoms with van der Waals surface area (Å²) >= 11 is 0. The van der Waals surface area contributed by atoms with E-state index in [-0.39, 0.29) is 12.1 Å². The van der Waals surface area contributed by atoms with Crippen molar-refractivity contribution in [1.29, 1.82) is 0 Å². The molecule has 120 valence electrons. The molecule has 1 heterocycles. The van der Waals surface area contributed by atoms with Crippen molar-refractivity contribution in [3.05, 3.63) is 0 Å². The Hall–Kier alpha value is -0.160. The summed E-state index contributed by atoms with van der Waals surface area (Å²) in [6.45, 7) is 12.6. The molecule has 1 rings (SSSR count). The Bertz CT molecular complexity index is 256. The highest BCUT2D eigenvalue weighted by atomic mass is 16.3. The third-order valence-electron chi connectivity index (χ3n) is 4.80. The van der Waals surface area contributed by atoms with Crippen molar-refractivity contribution < 1.29 is 5.11 Å². The van der Waals surface area contributed by atoms with Gasteiger partial charge in [-0.1, -0.05) is 13.8 Å². The Kier molecular flexibility index (Phi) is 8.03. The number of aliphatic hydroxyl groups is 1. The van der Waals surface area contributed by atoms with Gasteiger partial charge in [-0.25, -0.2) is 0 Å². The van der Waals surface area contributed by atoms with Crippen molar-refractivity contribution in [3.8, 4) is 0 Å². The van der Waals surface area contributed by atoms with Gasteiger partial charge in [0, 0.05) is 31.2 Å². The first kappa shape index (κ1) is 17.9. The predicted octanol–water partition coefficient (Wildman–Crippen LogP) is 1.54. The second kappa shape index (κ2) is 8.98. The molecule has 2 atom stereocenters. The lowest BCUT2D eigenvalue weighted by Gasteiger charge is -2.39. The first-order valence-corrected chi connectivity index (χ1v) is 8.35. The topological polar surface area (TPSA) is 38.7 Å². The Labute approximate surface area is 125 Å². The van der Waals surface area contributed by atoms with Crippen molar-refractivity contribution in [2.45, 2.75) is 58.0 Å². The molecule has 0 saturated carbocycles. The maximum absolute atomic E-state index is 9.74. The largest absolute Gasteiger partial charge is 0.394 e. The lowest BCUT2D eigenvalue weighted by molar-refractivity contribution is 0.0893. The molecule has 0 aromatic rings. The van der Waals surface area contributed by atoms with Gasteiger partial charge < -0.3 is 15.3 Å². The zero-order chi connectivity index (χ0) is 15.0. The van der Waals surface area contributed by atoms with Crippen LogP contribution in [0.25, 0.3) is 0 Å². The summed E-state index contributed by atoms with van der Waals surface area (Å²) in [6, 6.07) is 0.655. The van der Waals surface area contributed by atoms with Crippen molar-refractivity contribution in [2.24, 2.45) is 0 Å². The molecule has 20 heavy (non-hydrogen) atoms. The third-order valence-corrected chi connectivity index (χ3v) is 4.80. The molecule has 0 bridgehead atoms. The zero-order valence-corrected chi connectivity index (χ0v) is 14.0. The minimum Gasteiger partial charge on any atom is -0.394 e. The van der Waals surface area contributed by atoms with Crippen LogP contribution >= 0.6 is 0 Å². The number of nitrogens with zero attached hydrogens (tertiary/aromatic N) is 2. The monoisotopic (exact) mass is 285 g/mol. The van der Waals surface area contributed by atoms with Crippen molar-refractivity contribution >= 4 is 0 Å². The summed E-state index contributed by atoms with van der Waals surface area (Å²) < 4.78 is 0. The van der Waals surface area contributed by atoms with E-state index in [0.717, 1.165) is 32.4 Å². The number of aliphatic hydroxyl groups excluding tert-OH is 1. The second-order valence-electron chi connectivity index (χ2n) is 6.47. The number of nitrogens with one attached hydrogen (secondary N) is 1. The molecule has 0 aromatic heterocycles. The molecule has 4 heteroatoms. The third kappa shape index (κ3) is 5.32. The van der Waals surface area contributed by atoms with Crippen LogP contribution in [0, 0.1) is 0 Å². The number of hydrogen-bond donors (Lipinski definition) is 2. The van der Waals surface area contributed by atoms with E-state index in [1.54, 1.807) is 0 Å². The fourth-order valence-corrected chi connectivity index (χ4v) is 3.16. The van der Waals surface area contributed by atoms with Gasteiger partial charge in [0.2, 0.25) is 0 Å². The predicted molar refractivity (Wildman–Crippen MR) is 86.2 cm³/mol. The van der Waals surface area contributed by atoms with Gasteiger partial charge >= 0.3 is 0 Å². The van der Waals surface area contributed by atoms with Gasteiger partial charge in [-0.3, -0.25) is 4.90 Å². The van der Waals surface area contributed by atoms with E-state index in [4.69, 9.17) is 0 Å². The Morgan fingerprint density at radius 2 is 2.05 bits per heavy atom. The minimum absolute atomic E-state index is 0.0637. The molecule has 0 spiro atoms. The van der Waals surface area contributed by atoms with Gasteiger partial charge in [0.25, 0.3) is 0 Å². The van der Waals surface area contributed by atoms with Gasteiger partial charge in [0.1, 0.15) is 0 Å². The molecule has 1 fully saturated rings. The number of hydrogen-bond acceptors (Lipinski definition) is 4. The van der Waals surface area contributed by atoms with Crippen molar-refractivity contribution in [1.82, 2.24) is 15.1 Å². The Morgan fingerprint density at radius 1 is 1.30 bits per heavy atom. The van der Waals surface area contributed by atoms with Crippen LogP contribution in [0.2, 0.25) is 0 Å². The van der Waals surface area contributed by atoms with Crippen LogP contribution in [0.3, 0.4) is 0 Å².